The molecule has 4 rings (SSSR count). The Morgan fingerprint density at radius 2 is 1.81 bits per heavy atom. The molecule has 0 aliphatic carbocycles. The van der Waals surface area contributed by atoms with Gasteiger partial charge in [0.05, 0.1) is 5.69 Å². The molecule has 1 aromatic carbocycles. The minimum atomic E-state index is 0.425. The summed E-state index contributed by atoms with van der Waals surface area (Å²) in [4.78, 5) is 15.8. The van der Waals surface area contributed by atoms with E-state index in [0.29, 0.717) is 11.9 Å². The van der Waals surface area contributed by atoms with Gasteiger partial charge in [-0.25, -0.2) is 15.0 Å². The molecule has 1 N–H and O–H groups in total. The first kappa shape index (κ1) is 17.3. The molecule has 0 saturated carbocycles. The molecule has 0 amide bonds. The SMILES string of the molecule is c1ccc(C(CNCc2csc(-c3ncccn3)n2)N2CCCC2)cc1. The fourth-order valence-corrected chi connectivity index (χ4v) is 4.19. The van der Waals surface area contributed by atoms with Crippen molar-refractivity contribution in [2.24, 2.45) is 0 Å². The van der Waals surface area contributed by atoms with Crippen molar-refractivity contribution in [2.45, 2.75) is 25.4 Å². The maximum Gasteiger partial charge on any atom is 0.188 e. The molecule has 5 nitrogen and oxygen atoms in total. The van der Waals surface area contributed by atoms with Gasteiger partial charge >= 0.3 is 0 Å². The Kier molecular flexibility index (Phi) is 5.64. The molecule has 3 aromatic rings. The number of nitrogens with zero attached hydrogens (tertiary/aromatic N) is 4. The Morgan fingerprint density at radius 1 is 1.04 bits per heavy atom. The Hall–Kier alpha value is -2.15. The quantitative estimate of drug-likeness (QED) is 0.694. The van der Waals surface area contributed by atoms with E-state index in [9.17, 15) is 0 Å². The van der Waals surface area contributed by atoms with E-state index in [1.54, 1.807) is 23.7 Å². The normalized spacial score (nSPS) is 16.0. The molecular weight excluding hydrogens is 342 g/mol. The Bertz CT molecular complexity index is 799. The highest BCUT2D eigenvalue weighted by Crippen LogP contribution is 2.25. The van der Waals surface area contributed by atoms with E-state index in [4.69, 9.17) is 0 Å². The Balaban J connectivity index is 1.38. The minimum absolute atomic E-state index is 0.425. The van der Waals surface area contributed by atoms with E-state index >= 15 is 0 Å². The van der Waals surface area contributed by atoms with Crippen LogP contribution in [0.25, 0.3) is 10.8 Å². The van der Waals surface area contributed by atoms with Crippen molar-refractivity contribution in [2.75, 3.05) is 19.6 Å². The van der Waals surface area contributed by atoms with Gasteiger partial charge in [0, 0.05) is 36.9 Å². The number of benzene rings is 1. The number of thiazole rings is 1. The molecule has 6 heteroatoms. The highest BCUT2D eigenvalue weighted by atomic mass is 32.1. The third-order valence-electron chi connectivity index (χ3n) is 4.72. The summed E-state index contributed by atoms with van der Waals surface area (Å²) >= 11 is 1.60. The monoisotopic (exact) mass is 365 g/mol. The van der Waals surface area contributed by atoms with Gasteiger partial charge in [-0.05, 0) is 37.6 Å². The zero-order valence-electron chi connectivity index (χ0n) is 14.7. The van der Waals surface area contributed by atoms with Crippen molar-refractivity contribution in [1.82, 2.24) is 25.2 Å². The van der Waals surface area contributed by atoms with Crippen LogP contribution in [0.15, 0.2) is 54.2 Å². The van der Waals surface area contributed by atoms with Crippen molar-refractivity contribution in [1.29, 1.82) is 0 Å². The van der Waals surface area contributed by atoms with Gasteiger partial charge in [-0.2, -0.15) is 0 Å². The van der Waals surface area contributed by atoms with Crippen LogP contribution in [-0.2, 0) is 6.54 Å². The molecule has 1 atom stereocenters. The lowest BCUT2D eigenvalue weighted by Crippen LogP contribution is -2.34. The van der Waals surface area contributed by atoms with Crippen LogP contribution in [0.1, 0.15) is 30.1 Å². The van der Waals surface area contributed by atoms with Crippen LogP contribution in [0, 0.1) is 0 Å². The van der Waals surface area contributed by atoms with Crippen LogP contribution in [0.3, 0.4) is 0 Å². The predicted molar refractivity (Wildman–Crippen MR) is 105 cm³/mol. The second-order valence-corrected chi connectivity index (χ2v) is 7.37. The van der Waals surface area contributed by atoms with Gasteiger partial charge in [0.2, 0.25) is 0 Å². The lowest BCUT2D eigenvalue weighted by Gasteiger charge is -2.28. The fourth-order valence-electron chi connectivity index (χ4n) is 3.42. The topological polar surface area (TPSA) is 53.9 Å². The smallest absolute Gasteiger partial charge is 0.188 e. The summed E-state index contributed by atoms with van der Waals surface area (Å²) in [6, 6.07) is 13.1. The standard InChI is InChI=1S/C20H23N5S/c1-2-7-16(8-3-1)18(25-11-4-5-12-25)14-21-13-17-15-26-20(24-17)19-22-9-6-10-23-19/h1-3,6-10,15,18,21H,4-5,11-14H2. The molecule has 26 heavy (non-hydrogen) atoms. The van der Waals surface area contributed by atoms with E-state index < -0.39 is 0 Å². The fraction of sp³-hybridized carbons (Fsp3) is 0.350. The zero-order chi connectivity index (χ0) is 17.6. The second kappa shape index (κ2) is 8.49. The molecule has 1 saturated heterocycles. The summed E-state index contributed by atoms with van der Waals surface area (Å²) in [6.07, 6.45) is 6.11. The van der Waals surface area contributed by atoms with E-state index in [1.165, 1.54) is 31.5 Å². The summed E-state index contributed by atoms with van der Waals surface area (Å²) in [7, 11) is 0. The highest BCUT2D eigenvalue weighted by molar-refractivity contribution is 7.13. The van der Waals surface area contributed by atoms with E-state index in [1.807, 2.05) is 6.07 Å². The number of nitrogens with one attached hydrogen (secondary N) is 1. The number of hydrogen-bond acceptors (Lipinski definition) is 6. The largest absolute Gasteiger partial charge is 0.309 e. The highest BCUT2D eigenvalue weighted by Gasteiger charge is 2.23. The summed E-state index contributed by atoms with van der Waals surface area (Å²) in [5.74, 6) is 0.697. The van der Waals surface area contributed by atoms with Crippen LogP contribution < -0.4 is 5.32 Å². The van der Waals surface area contributed by atoms with Crippen molar-refractivity contribution in [3.05, 3.63) is 65.4 Å². The first-order valence-corrected chi connectivity index (χ1v) is 9.99. The molecule has 1 unspecified atom stereocenters. The maximum atomic E-state index is 4.67. The number of aromatic nitrogens is 3. The zero-order valence-corrected chi connectivity index (χ0v) is 15.5. The molecule has 0 bridgehead atoms. The van der Waals surface area contributed by atoms with Crippen LogP contribution in [0.5, 0.6) is 0 Å². The second-order valence-electron chi connectivity index (χ2n) is 6.52. The summed E-state index contributed by atoms with van der Waals surface area (Å²) < 4.78 is 0. The molecule has 1 aliphatic heterocycles. The summed E-state index contributed by atoms with van der Waals surface area (Å²) in [6.45, 7) is 4.07. The van der Waals surface area contributed by atoms with E-state index in [2.05, 4.69) is 60.9 Å². The van der Waals surface area contributed by atoms with Crippen molar-refractivity contribution in [3.63, 3.8) is 0 Å². The number of likely N-dealkylation sites (tertiary alicyclic amines) is 1. The Labute approximate surface area is 158 Å². The van der Waals surface area contributed by atoms with Gasteiger partial charge in [0.25, 0.3) is 0 Å². The molecule has 134 valence electrons. The Morgan fingerprint density at radius 3 is 2.58 bits per heavy atom. The average Bonchev–Trinajstić information content (AvgIpc) is 3.39. The first-order valence-electron chi connectivity index (χ1n) is 9.11. The summed E-state index contributed by atoms with van der Waals surface area (Å²) in [5, 5.41) is 6.57. The third kappa shape index (κ3) is 4.15. The lowest BCUT2D eigenvalue weighted by atomic mass is 10.1. The van der Waals surface area contributed by atoms with Gasteiger partial charge in [0.15, 0.2) is 10.8 Å². The number of rotatable bonds is 7. The van der Waals surface area contributed by atoms with Crippen molar-refractivity contribution < 1.29 is 0 Å². The van der Waals surface area contributed by atoms with Crippen LogP contribution in [0.2, 0.25) is 0 Å². The van der Waals surface area contributed by atoms with E-state index in [-0.39, 0.29) is 0 Å². The summed E-state index contributed by atoms with van der Waals surface area (Å²) in [5.41, 5.74) is 2.43. The van der Waals surface area contributed by atoms with Crippen LogP contribution in [-0.4, -0.2) is 39.5 Å². The predicted octanol–water partition coefficient (Wildman–Crippen LogP) is 3.53. The van der Waals surface area contributed by atoms with E-state index in [0.717, 1.165) is 23.8 Å². The molecule has 1 fully saturated rings. The third-order valence-corrected chi connectivity index (χ3v) is 5.61. The maximum absolute atomic E-state index is 4.67. The first-order chi connectivity index (χ1) is 12.9. The van der Waals surface area contributed by atoms with Crippen molar-refractivity contribution >= 4 is 11.3 Å². The van der Waals surface area contributed by atoms with Gasteiger partial charge < -0.3 is 5.32 Å². The van der Waals surface area contributed by atoms with Gasteiger partial charge in [0.1, 0.15) is 0 Å². The minimum Gasteiger partial charge on any atom is -0.309 e. The van der Waals surface area contributed by atoms with Crippen LogP contribution >= 0.6 is 11.3 Å². The molecule has 2 aromatic heterocycles. The molecule has 1 aliphatic rings. The van der Waals surface area contributed by atoms with Gasteiger partial charge in [-0.15, -0.1) is 11.3 Å². The lowest BCUT2D eigenvalue weighted by molar-refractivity contribution is 0.238. The number of hydrogen-bond donors (Lipinski definition) is 1. The molecule has 0 radical (unpaired) electrons. The van der Waals surface area contributed by atoms with Gasteiger partial charge in [-0.3, -0.25) is 4.90 Å². The van der Waals surface area contributed by atoms with Gasteiger partial charge in [-0.1, -0.05) is 30.3 Å². The molecule has 0 spiro atoms. The van der Waals surface area contributed by atoms with Crippen LogP contribution in [0.4, 0.5) is 0 Å². The molecular formula is C20H23N5S. The molecule has 3 heterocycles. The van der Waals surface area contributed by atoms with Crippen molar-refractivity contribution in [3.8, 4) is 10.8 Å². The average molecular weight is 366 g/mol.